The third kappa shape index (κ3) is 8.92. The second kappa shape index (κ2) is 12.6. The van der Waals surface area contributed by atoms with Gasteiger partial charge in [0.25, 0.3) is 0 Å². The summed E-state index contributed by atoms with van der Waals surface area (Å²) in [6.07, 6.45) is 2.19. The molecule has 3 amide bonds. The van der Waals surface area contributed by atoms with Gasteiger partial charge >= 0.3 is 5.97 Å². The molecule has 0 bridgehead atoms. The molecular formula is C18H34N4O5S. The minimum absolute atomic E-state index is 0.0894. The molecule has 4 unspecified atom stereocenters. The number of rotatable bonds is 12. The topological polar surface area (TPSA) is 151 Å². The van der Waals surface area contributed by atoms with Crippen molar-refractivity contribution in [1.82, 2.24) is 16.0 Å². The first-order valence-corrected chi connectivity index (χ1v) is 10.7. The van der Waals surface area contributed by atoms with Gasteiger partial charge in [-0.25, -0.2) is 0 Å². The summed E-state index contributed by atoms with van der Waals surface area (Å²) in [7, 11) is 0. The van der Waals surface area contributed by atoms with E-state index in [1.165, 1.54) is 18.7 Å². The summed E-state index contributed by atoms with van der Waals surface area (Å²) in [5.74, 6) is -2.42. The fraction of sp³-hybridized carbons (Fsp3) is 0.778. The average molecular weight is 419 g/mol. The lowest BCUT2D eigenvalue weighted by atomic mass is 10.00. The van der Waals surface area contributed by atoms with Gasteiger partial charge in [0.05, 0.1) is 6.04 Å². The normalized spacial score (nSPS) is 15.5. The highest BCUT2D eigenvalue weighted by molar-refractivity contribution is 7.98. The van der Waals surface area contributed by atoms with Crippen LogP contribution in [-0.4, -0.2) is 65.0 Å². The van der Waals surface area contributed by atoms with E-state index in [9.17, 15) is 19.2 Å². The lowest BCUT2D eigenvalue weighted by Gasteiger charge is -2.27. The summed E-state index contributed by atoms with van der Waals surface area (Å²) in [5.41, 5.74) is 5.84. The molecule has 0 rings (SSSR count). The van der Waals surface area contributed by atoms with Gasteiger partial charge in [0.2, 0.25) is 17.7 Å². The zero-order valence-corrected chi connectivity index (χ0v) is 18.3. The maximum Gasteiger partial charge on any atom is 0.325 e. The predicted octanol–water partition coefficient (Wildman–Crippen LogP) is -0.0623. The number of nitrogens with one attached hydrogen (secondary N) is 3. The Morgan fingerprint density at radius 3 is 1.89 bits per heavy atom. The van der Waals surface area contributed by atoms with Crippen LogP contribution in [0.1, 0.15) is 41.0 Å². The highest BCUT2D eigenvalue weighted by Crippen LogP contribution is 2.07. The van der Waals surface area contributed by atoms with Crippen LogP contribution in [0.15, 0.2) is 0 Å². The van der Waals surface area contributed by atoms with Gasteiger partial charge in [-0.15, -0.1) is 0 Å². The fourth-order valence-corrected chi connectivity index (χ4v) is 2.70. The van der Waals surface area contributed by atoms with E-state index in [2.05, 4.69) is 16.0 Å². The minimum Gasteiger partial charge on any atom is -0.480 e. The lowest BCUT2D eigenvalue weighted by molar-refractivity contribution is -0.141. The molecule has 0 saturated carbocycles. The van der Waals surface area contributed by atoms with Crippen molar-refractivity contribution in [3.8, 4) is 0 Å². The highest BCUT2D eigenvalue weighted by Gasteiger charge is 2.31. The number of hydrogen-bond acceptors (Lipinski definition) is 6. The van der Waals surface area contributed by atoms with Crippen molar-refractivity contribution in [2.45, 2.75) is 65.2 Å². The molecule has 0 aromatic carbocycles. The molecule has 0 aromatic heterocycles. The summed E-state index contributed by atoms with van der Waals surface area (Å²) in [4.78, 5) is 48.4. The number of carboxylic acid groups (broad SMARTS) is 1. The van der Waals surface area contributed by atoms with E-state index in [1.54, 1.807) is 27.7 Å². The molecule has 0 aliphatic rings. The van der Waals surface area contributed by atoms with Crippen LogP contribution < -0.4 is 21.7 Å². The van der Waals surface area contributed by atoms with Gasteiger partial charge in [0.15, 0.2) is 0 Å². The molecule has 0 aromatic rings. The van der Waals surface area contributed by atoms with E-state index in [4.69, 9.17) is 10.8 Å². The summed E-state index contributed by atoms with van der Waals surface area (Å²) in [6, 6.07) is -3.59. The summed E-state index contributed by atoms with van der Waals surface area (Å²) in [6.45, 7) is 8.50. The van der Waals surface area contributed by atoms with E-state index in [1.807, 2.05) is 6.26 Å². The first-order valence-electron chi connectivity index (χ1n) is 9.30. The summed E-state index contributed by atoms with van der Waals surface area (Å²) < 4.78 is 0. The number of carboxylic acids is 1. The third-order valence-electron chi connectivity index (χ3n) is 4.24. The number of amides is 3. The molecule has 0 spiro atoms. The monoisotopic (exact) mass is 418 g/mol. The van der Waals surface area contributed by atoms with Crippen LogP contribution in [0.25, 0.3) is 0 Å². The second-order valence-corrected chi connectivity index (χ2v) is 8.40. The van der Waals surface area contributed by atoms with Crippen LogP contribution in [0.2, 0.25) is 0 Å². The van der Waals surface area contributed by atoms with Crippen molar-refractivity contribution >= 4 is 35.5 Å². The summed E-state index contributed by atoms with van der Waals surface area (Å²) in [5, 5.41) is 16.6. The maximum absolute atomic E-state index is 12.7. The molecule has 0 fully saturated rings. The molecule has 0 aliphatic carbocycles. The molecule has 6 N–H and O–H groups in total. The van der Waals surface area contributed by atoms with E-state index < -0.39 is 47.9 Å². The van der Waals surface area contributed by atoms with Gasteiger partial charge < -0.3 is 26.8 Å². The average Bonchev–Trinajstić information content (AvgIpc) is 2.61. The van der Waals surface area contributed by atoms with Gasteiger partial charge in [-0.1, -0.05) is 27.7 Å². The molecule has 0 heterocycles. The molecule has 0 radical (unpaired) electrons. The van der Waals surface area contributed by atoms with E-state index in [0.717, 1.165) is 0 Å². The van der Waals surface area contributed by atoms with Crippen LogP contribution >= 0.6 is 11.8 Å². The minimum atomic E-state index is -1.17. The van der Waals surface area contributed by atoms with Crippen LogP contribution in [0.5, 0.6) is 0 Å². The van der Waals surface area contributed by atoms with Crippen LogP contribution in [0.4, 0.5) is 0 Å². The molecule has 4 atom stereocenters. The molecular weight excluding hydrogens is 384 g/mol. The maximum atomic E-state index is 12.7. The quantitative estimate of drug-likeness (QED) is 0.298. The Kier molecular flexibility index (Phi) is 11.8. The van der Waals surface area contributed by atoms with E-state index in [0.29, 0.717) is 12.2 Å². The van der Waals surface area contributed by atoms with Crippen molar-refractivity contribution in [3.05, 3.63) is 0 Å². The van der Waals surface area contributed by atoms with E-state index in [-0.39, 0.29) is 11.8 Å². The standard InChI is InChI=1S/C18H34N4O5S/c1-9(2)13(19)16(24)22-14(10(3)4)17(25)21-12(7-8-28-6)15(23)20-11(5)18(26)27/h9-14H,7-8,19H2,1-6H3,(H,20,23)(H,21,25)(H,22,24)(H,26,27). The Labute approximate surface area is 170 Å². The zero-order chi connectivity index (χ0) is 22.0. The number of carbonyl (C=O) groups excluding carboxylic acids is 3. The predicted molar refractivity (Wildman–Crippen MR) is 110 cm³/mol. The number of carbonyl (C=O) groups is 4. The number of aliphatic carboxylic acids is 1. The van der Waals surface area contributed by atoms with Gasteiger partial charge in [0, 0.05) is 0 Å². The number of hydrogen-bond donors (Lipinski definition) is 5. The first kappa shape index (κ1) is 26.2. The molecule has 0 aliphatic heterocycles. The van der Waals surface area contributed by atoms with Gasteiger partial charge in [-0.2, -0.15) is 11.8 Å². The SMILES string of the molecule is CSCCC(NC(=O)C(NC(=O)C(N)C(C)C)C(C)C)C(=O)NC(C)C(=O)O. The van der Waals surface area contributed by atoms with Crippen LogP contribution in [0.3, 0.4) is 0 Å². The van der Waals surface area contributed by atoms with Crippen molar-refractivity contribution < 1.29 is 24.3 Å². The van der Waals surface area contributed by atoms with Gasteiger partial charge in [0.1, 0.15) is 18.1 Å². The Morgan fingerprint density at radius 1 is 0.893 bits per heavy atom. The van der Waals surface area contributed by atoms with Gasteiger partial charge in [-0.3, -0.25) is 19.2 Å². The fourth-order valence-electron chi connectivity index (χ4n) is 2.23. The molecule has 9 nitrogen and oxygen atoms in total. The summed E-state index contributed by atoms with van der Waals surface area (Å²) >= 11 is 1.50. The lowest BCUT2D eigenvalue weighted by Crippen LogP contribution is -2.58. The smallest absolute Gasteiger partial charge is 0.325 e. The Balaban J connectivity index is 5.23. The first-order chi connectivity index (χ1) is 12.9. The van der Waals surface area contributed by atoms with Crippen molar-refractivity contribution in [1.29, 1.82) is 0 Å². The Bertz CT molecular complexity index is 556. The van der Waals surface area contributed by atoms with Gasteiger partial charge in [-0.05, 0) is 37.2 Å². The third-order valence-corrected chi connectivity index (χ3v) is 4.88. The molecule has 28 heavy (non-hydrogen) atoms. The van der Waals surface area contributed by atoms with Crippen LogP contribution in [-0.2, 0) is 19.2 Å². The van der Waals surface area contributed by atoms with Crippen molar-refractivity contribution in [2.24, 2.45) is 17.6 Å². The largest absolute Gasteiger partial charge is 0.480 e. The molecule has 162 valence electrons. The molecule has 10 heteroatoms. The Hall–Kier alpha value is -1.81. The van der Waals surface area contributed by atoms with Crippen LogP contribution in [0, 0.1) is 11.8 Å². The zero-order valence-electron chi connectivity index (χ0n) is 17.4. The van der Waals surface area contributed by atoms with Crippen molar-refractivity contribution in [3.63, 3.8) is 0 Å². The highest BCUT2D eigenvalue weighted by atomic mass is 32.2. The Morgan fingerprint density at radius 2 is 1.46 bits per heavy atom. The second-order valence-electron chi connectivity index (χ2n) is 7.41. The van der Waals surface area contributed by atoms with E-state index >= 15 is 0 Å². The molecule has 0 saturated heterocycles. The number of thioether (sulfide) groups is 1. The van der Waals surface area contributed by atoms with Crippen molar-refractivity contribution in [2.75, 3.05) is 12.0 Å². The number of nitrogens with two attached hydrogens (primary N) is 1.